The smallest absolute Gasteiger partial charge is 0.273 e. The van der Waals surface area contributed by atoms with Crippen molar-refractivity contribution in [1.29, 1.82) is 0 Å². The van der Waals surface area contributed by atoms with Crippen molar-refractivity contribution in [2.75, 3.05) is 7.11 Å². The van der Waals surface area contributed by atoms with Gasteiger partial charge in [-0.3, -0.25) is 20.4 Å². The van der Waals surface area contributed by atoms with E-state index in [1.165, 1.54) is 19.2 Å². The highest BCUT2D eigenvalue weighted by atomic mass is 16.5. The number of aromatic hydroxyl groups is 1. The number of methoxy groups -OCH3 is 1. The minimum atomic E-state index is -0.591. The first kappa shape index (κ1) is 15.4. The third-order valence-corrected chi connectivity index (χ3v) is 3.01. The van der Waals surface area contributed by atoms with Crippen molar-refractivity contribution in [3.63, 3.8) is 0 Å². The van der Waals surface area contributed by atoms with E-state index in [0.29, 0.717) is 11.3 Å². The number of para-hydroxylation sites is 2. The van der Waals surface area contributed by atoms with Gasteiger partial charge in [0.25, 0.3) is 5.91 Å². The third kappa shape index (κ3) is 3.76. The number of carbonyl (C=O) groups is 2. The number of ether oxygens (including phenoxy) is 1. The van der Waals surface area contributed by atoms with Crippen molar-refractivity contribution >= 4 is 11.8 Å². The quantitative estimate of drug-likeness (QED) is 0.745. The van der Waals surface area contributed by atoms with Crippen LogP contribution >= 0.6 is 0 Å². The van der Waals surface area contributed by atoms with Gasteiger partial charge < -0.3 is 9.84 Å². The molecule has 2 rings (SSSR count). The van der Waals surface area contributed by atoms with Crippen LogP contribution in [0.25, 0.3) is 0 Å². The minimum absolute atomic E-state index is 0.0606. The lowest BCUT2D eigenvalue weighted by Crippen LogP contribution is -2.42. The molecule has 6 heteroatoms. The normalized spacial score (nSPS) is 9.86. The Kier molecular flexibility index (Phi) is 4.98. The van der Waals surface area contributed by atoms with Crippen LogP contribution in [0.15, 0.2) is 48.5 Å². The Labute approximate surface area is 127 Å². The van der Waals surface area contributed by atoms with E-state index >= 15 is 0 Å². The Morgan fingerprint density at radius 3 is 2.45 bits per heavy atom. The van der Waals surface area contributed by atoms with Gasteiger partial charge in [0.15, 0.2) is 0 Å². The fourth-order valence-electron chi connectivity index (χ4n) is 1.93. The molecule has 0 bridgehead atoms. The molecular formula is C16H16N2O4. The van der Waals surface area contributed by atoms with E-state index in [9.17, 15) is 14.7 Å². The summed E-state index contributed by atoms with van der Waals surface area (Å²) in [5, 5.41) is 9.56. The Balaban J connectivity index is 1.93. The van der Waals surface area contributed by atoms with Gasteiger partial charge in [-0.2, -0.15) is 0 Å². The molecule has 0 saturated heterocycles. The number of rotatable bonds is 4. The number of phenolic OH excluding ortho intramolecular Hbond substituents is 1. The molecule has 0 aliphatic rings. The highest BCUT2D eigenvalue weighted by Crippen LogP contribution is 2.17. The summed E-state index contributed by atoms with van der Waals surface area (Å²) in [7, 11) is 1.52. The molecule has 0 radical (unpaired) electrons. The maximum Gasteiger partial charge on any atom is 0.273 e. The summed E-state index contributed by atoms with van der Waals surface area (Å²) in [6, 6.07) is 13.2. The number of nitrogens with one attached hydrogen (secondary N) is 2. The molecule has 3 N–H and O–H groups in total. The third-order valence-electron chi connectivity index (χ3n) is 3.01. The Bertz CT molecular complexity index is 685. The van der Waals surface area contributed by atoms with Gasteiger partial charge in [0, 0.05) is 5.56 Å². The van der Waals surface area contributed by atoms with Crippen LogP contribution in [0.2, 0.25) is 0 Å². The van der Waals surface area contributed by atoms with Crippen molar-refractivity contribution in [3.05, 3.63) is 59.7 Å². The Hall–Kier alpha value is -3.02. The largest absolute Gasteiger partial charge is 0.507 e. The number of hydrogen-bond acceptors (Lipinski definition) is 4. The molecule has 0 aliphatic heterocycles. The average molecular weight is 300 g/mol. The Morgan fingerprint density at radius 1 is 1.05 bits per heavy atom. The second kappa shape index (κ2) is 7.12. The molecule has 0 atom stereocenters. The molecule has 0 aromatic heterocycles. The number of amides is 2. The van der Waals surface area contributed by atoms with Crippen molar-refractivity contribution < 1.29 is 19.4 Å². The topological polar surface area (TPSA) is 87.7 Å². The first-order valence-corrected chi connectivity index (χ1v) is 6.61. The summed E-state index contributed by atoms with van der Waals surface area (Å²) in [4.78, 5) is 23.7. The standard InChI is InChI=1S/C16H16N2O4/c1-22-14-9-5-2-6-11(14)10-15(20)17-18-16(21)12-7-3-4-8-13(12)19/h2-9,19H,10H2,1H3,(H,17,20)(H,18,21). The first-order chi connectivity index (χ1) is 10.6. The zero-order valence-corrected chi connectivity index (χ0v) is 12.0. The van der Waals surface area contributed by atoms with Gasteiger partial charge in [0.2, 0.25) is 5.91 Å². The van der Waals surface area contributed by atoms with Crippen LogP contribution in [0.5, 0.6) is 11.5 Å². The molecule has 2 aromatic rings. The van der Waals surface area contributed by atoms with Crippen molar-refractivity contribution in [3.8, 4) is 11.5 Å². The van der Waals surface area contributed by atoms with Gasteiger partial charge in [0.1, 0.15) is 11.5 Å². The molecule has 2 aromatic carbocycles. The lowest BCUT2D eigenvalue weighted by atomic mass is 10.1. The predicted molar refractivity (Wildman–Crippen MR) is 80.4 cm³/mol. The number of hydrazine groups is 1. The molecule has 0 saturated carbocycles. The van der Waals surface area contributed by atoms with Crippen molar-refractivity contribution in [2.24, 2.45) is 0 Å². The van der Waals surface area contributed by atoms with E-state index in [2.05, 4.69) is 10.9 Å². The van der Waals surface area contributed by atoms with Crippen molar-refractivity contribution in [1.82, 2.24) is 10.9 Å². The Morgan fingerprint density at radius 2 is 1.73 bits per heavy atom. The second-order valence-electron chi connectivity index (χ2n) is 4.51. The fourth-order valence-corrected chi connectivity index (χ4v) is 1.93. The molecule has 22 heavy (non-hydrogen) atoms. The molecule has 114 valence electrons. The first-order valence-electron chi connectivity index (χ1n) is 6.61. The molecule has 6 nitrogen and oxygen atoms in total. The second-order valence-corrected chi connectivity index (χ2v) is 4.51. The maximum atomic E-state index is 11.9. The van der Waals surface area contributed by atoms with Gasteiger partial charge >= 0.3 is 0 Å². The van der Waals surface area contributed by atoms with E-state index in [4.69, 9.17) is 4.74 Å². The van der Waals surface area contributed by atoms with Gasteiger partial charge in [-0.15, -0.1) is 0 Å². The maximum absolute atomic E-state index is 11.9. The summed E-state index contributed by atoms with van der Waals surface area (Å²) < 4.78 is 5.16. The molecule has 0 heterocycles. The van der Waals surface area contributed by atoms with Gasteiger partial charge in [0.05, 0.1) is 19.1 Å². The molecule has 2 amide bonds. The van der Waals surface area contributed by atoms with E-state index in [1.54, 1.807) is 36.4 Å². The zero-order chi connectivity index (χ0) is 15.9. The SMILES string of the molecule is COc1ccccc1CC(=O)NNC(=O)c1ccccc1O. The van der Waals surface area contributed by atoms with Gasteiger partial charge in [-0.05, 0) is 18.2 Å². The van der Waals surface area contributed by atoms with Crippen LogP contribution in [0.3, 0.4) is 0 Å². The summed E-state index contributed by atoms with van der Waals surface area (Å²) in [5.41, 5.74) is 5.35. The number of carbonyl (C=O) groups excluding carboxylic acids is 2. The van der Waals surface area contributed by atoms with Gasteiger partial charge in [-0.25, -0.2) is 0 Å². The van der Waals surface area contributed by atoms with E-state index < -0.39 is 11.8 Å². The zero-order valence-electron chi connectivity index (χ0n) is 12.0. The van der Waals surface area contributed by atoms with Crippen LogP contribution in [0, 0.1) is 0 Å². The molecule has 0 aliphatic carbocycles. The lowest BCUT2D eigenvalue weighted by molar-refractivity contribution is -0.121. The lowest BCUT2D eigenvalue weighted by Gasteiger charge is -2.10. The van der Waals surface area contributed by atoms with Crippen LogP contribution in [0.4, 0.5) is 0 Å². The highest BCUT2D eigenvalue weighted by molar-refractivity contribution is 5.97. The number of phenols is 1. The molecule has 0 fully saturated rings. The van der Waals surface area contributed by atoms with Crippen LogP contribution < -0.4 is 15.6 Å². The average Bonchev–Trinajstić information content (AvgIpc) is 2.53. The van der Waals surface area contributed by atoms with E-state index in [1.807, 2.05) is 0 Å². The number of hydrogen-bond donors (Lipinski definition) is 3. The summed E-state index contributed by atoms with van der Waals surface area (Å²) in [6.45, 7) is 0. The van der Waals surface area contributed by atoms with Crippen LogP contribution in [0.1, 0.15) is 15.9 Å². The predicted octanol–water partition coefficient (Wildman–Crippen LogP) is 1.40. The fraction of sp³-hybridized carbons (Fsp3) is 0.125. The summed E-state index contributed by atoms with van der Waals surface area (Å²) >= 11 is 0. The van der Waals surface area contributed by atoms with Crippen molar-refractivity contribution in [2.45, 2.75) is 6.42 Å². The molecule has 0 spiro atoms. The number of benzene rings is 2. The highest BCUT2D eigenvalue weighted by Gasteiger charge is 2.12. The summed E-state index contributed by atoms with van der Waals surface area (Å²) in [5.74, 6) is -0.539. The molecular weight excluding hydrogens is 284 g/mol. The molecule has 0 unspecified atom stereocenters. The monoisotopic (exact) mass is 300 g/mol. The minimum Gasteiger partial charge on any atom is -0.507 e. The van der Waals surface area contributed by atoms with E-state index in [0.717, 1.165) is 0 Å². The summed E-state index contributed by atoms with van der Waals surface area (Å²) in [6.07, 6.45) is 0.0606. The van der Waals surface area contributed by atoms with E-state index in [-0.39, 0.29) is 17.7 Å². The van der Waals surface area contributed by atoms with Crippen LogP contribution in [-0.4, -0.2) is 24.0 Å². The van der Waals surface area contributed by atoms with Gasteiger partial charge in [-0.1, -0.05) is 30.3 Å². The van der Waals surface area contributed by atoms with Crippen LogP contribution in [-0.2, 0) is 11.2 Å².